The molecule has 7 heteroatoms. The molecular formula is C18H12F3NO3. The number of ether oxygens (including phenoxy) is 1. The molecule has 25 heavy (non-hydrogen) atoms. The summed E-state index contributed by atoms with van der Waals surface area (Å²) >= 11 is 0. The summed E-state index contributed by atoms with van der Waals surface area (Å²) in [6.07, 6.45) is -4.47. The van der Waals surface area contributed by atoms with Crippen molar-refractivity contribution in [2.45, 2.75) is 12.8 Å². The zero-order valence-electron chi connectivity index (χ0n) is 12.8. The lowest BCUT2D eigenvalue weighted by Crippen LogP contribution is -2.13. The maximum atomic E-state index is 12.7. The van der Waals surface area contributed by atoms with E-state index >= 15 is 0 Å². The van der Waals surface area contributed by atoms with Gasteiger partial charge in [0.1, 0.15) is 6.61 Å². The highest BCUT2D eigenvalue weighted by Gasteiger charge is 2.30. The summed E-state index contributed by atoms with van der Waals surface area (Å²) in [7, 11) is 0. The van der Waals surface area contributed by atoms with Crippen LogP contribution in [0.1, 0.15) is 21.5 Å². The molecule has 3 rings (SSSR count). The van der Waals surface area contributed by atoms with Crippen molar-refractivity contribution >= 4 is 16.9 Å². The predicted molar refractivity (Wildman–Crippen MR) is 85.1 cm³/mol. The van der Waals surface area contributed by atoms with Gasteiger partial charge < -0.3 is 9.72 Å². The van der Waals surface area contributed by atoms with Gasteiger partial charge in [-0.05, 0) is 23.8 Å². The molecule has 0 aliphatic carbocycles. The van der Waals surface area contributed by atoms with Crippen molar-refractivity contribution < 1.29 is 22.7 Å². The minimum atomic E-state index is -4.47. The molecule has 0 atom stereocenters. The van der Waals surface area contributed by atoms with E-state index in [1.165, 1.54) is 12.1 Å². The highest BCUT2D eigenvalue weighted by molar-refractivity contribution is 6.03. The Kier molecular flexibility index (Phi) is 4.31. The second-order valence-electron chi connectivity index (χ2n) is 5.37. The topological polar surface area (TPSA) is 59.2 Å². The number of aromatic amines is 1. The van der Waals surface area contributed by atoms with Gasteiger partial charge in [-0.3, -0.25) is 4.79 Å². The number of H-pyrrole nitrogens is 1. The van der Waals surface area contributed by atoms with E-state index in [4.69, 9.17) is 4.74 Å². The average Bonchev–Trinajstić information content (AvgIpc) is 2.58. The SMILES string of the molecule is O=C(OCc1cccc(C(F)(F)F)c1)c1cc(=O)[nH]c2ccccc12. The standard InChI is InChI=1S/C18H12F3NO3/c19-18(20,21)12-5-3-4-11(8-12)10-25-17(24)14-9-16(23)22-15-7-2-1-6-13(14)15/h1-9H,10H2,(H,22,23). The predicted octanol–water partition coefficient (Wildman–Crippen LogP) is 3.90. The van der Waals surface area contributed by atoms with E-state index in [1.54, 1.807) is 24.3 Å². The first kappa shape index (κ1) is 16.8. The summed E-state index contributed by atoms with van der Waals surface area (Å²) in [6.45, 7) is -0.329. The highest BCUT2D eigenvalue weighted by atomic mass is 19.4. The highest BCUT2D eigenvalue weighted by Crippen LogP contribution is 2.29. The molecule has 0 bridgehead atoms. The van der Waals surface area contributed by atoms with Gasteiger partial charge in [-0.25, -0.2) is 4.79 Å². The van der Waals surface area contributed by atoms with E-state index in [-0.39, 0.29) is 17.7 Å². The monoisotopic (exact) mass is 347 g/mol. The van der Waals surface area contributed by atoms with Gasteiger partial charge in [-0.15, -0.1) is 0 Å². The van der Waals surface area contributed by atoms with Gasteiger partial charge in [0.15, 0.2) is 0 Å². The van der Waals surface area contributed by atoms with Gasteiger partial charge in [-0.2, -0.15) is 13.2 Å². The summed E-state index contributed by atoms with van der Waals surface area (Å²) in [6, 6.07) is 12.3. The number of esters is 1. The van der Waals surface area contributed by atoms with Gasteiger partial charge in [0.25, 0.3) is 0 Å². The molecular weight excluding hydrogens is 335 g/mol. The van der Waals surface area contributed by atoms with Crippen LogP contribution >= 0.6 is 0 Å². The average molecular weight is 347 g/mol. The zero-order valence-corrected chi connectivity index (χ0v) is 12.8. The van der Waals surface area contributed by atoms with E-state index in [1.807, 2.05) is 0 Å². The Bertz CT molecular complexity index is 993. The van der Waals surface area contributed by atoms with Crippen molar-refractivity contribution in [3.8, 4) is 0 Å². The number of para-hydroxylation sites is 1. The molecule has 2 aromatic carbocycles. The fourth-order valence-corrected chi connectivity index (χ4v) is 2.44. The number of hydrogen-bond donors (Lipinski definition) is 1. The molecule has 0 saturated carbocycles. The summed E-state index contributed by atoms with van der Waals surface area (Å²) in [5, 5.41) is 0.496. The number of benzene rings is 2. The minimum Gasteiger partial charge on any atom is -0.457 e. The third kappa shape index (κ3) is 3.71. The molecule has 0 radical (unpaired) electrons. The van der Waals surface area contributed by atoms with Crippen molar-refractivity contribution in [1.82, 2.24) is 4.98 Å². The molecule has 0 saturated heterocycles. The normalized spacial score (nSPS) is 11.5. The Morgan fingerprint density at radius 3 is 2.56 bits per heavy atom. The fraction of sp³-hybridized carbons (Fsp3) is 0.111. The van der Waals surface area contributed by atoms with Crippen LogP contribution in [0.2, 0.25) is 0 Å². The molecule has 0 fully saturated rings. The van der Waals surface area contributed by atoms with Crippen molar-refractivity contribution in [3.63, 3.8) is 0 Å². The molecule has 128 valence electrons. The van der Waals surface area contributed by atoms with Gasteiger partial charge >= 0.3 is 12.1 Å². The number of alkyl halides is 3. The number of halogens is 3. The van der Waals surface area contributed by atoms with Crippen LogP contribution in [0.5, 0.6) is 0 Å². The van der Waals surface area contributed by atoms with Crippen LogP contribution in [-0.2, 0) is 17.5 Å². The maximum absolute atomic E-state index is 12.7. The van der Waals surface area contributed by atoms with E-state index in [0.29, 0.717) is 10.9 Å². The molecule has 1 N–H and O–H groups in total. The number of aromatic nitrogens is 1. The van der Waals surface area contributed by atoms with Crippen molar-refractivity contribution in [2.75, 3.05) is 0 Å². The summed E-state index contributed by atoms with van der Waals surface area (Å²) in [4.78, 5) is 26.5. The van der Waals surface area contributed by atoms with Crippen LogP contribution in [-0.4, -0.2) is 11.0 Å². The summed E-state index contributed by atoms with van der Waals surface area (Å²) in [5.74, 6) is -0.778. The van der Waals surface area contributed by atoms with Crippen LogP contribution in [0, 0.1) is 0 Å². The number of hydrogen-bond acceptors (Lipinski definition) is 3. The summed E-state index contributed by atoms with van der Waals surface area (Å²) in [5.41, 5.74) is -0.544. The Morgan fingerprint density at radius 1 is 1.04 bits per heavy atom. The van der Waals surface area contributed by atoms with E-state index in [2.05, 4.69) is 4.98 Å². The molecule has 0 unspecified atom stereocenters. The number of carbonyl (C=O) groups is 1. The second-order valence-corrected chi connectivity index (χ2v) is 5.37. The zero-order chi connectivity index (χ0) is 18.0. The number of pyridine rings is 1. The minimum absolute atomic E-state index is 0.0614. The molecule has 4 nitrogen and oxygen atoms in total. The van der Waals surface area contributed by atoms with Crippen molar-refractivity contribution in [2.24, 2.45) is 0 Å². The Morgan fingerprint density at radius 2 is 1.80 bits per heavy atom. The Hall–Kier alpha value is -3.09. The second kappa shape index (κ2) is 6.43. The molecule has 0 aliphatic rings. The van der Waals surface area contributed by atoms with Crippen LogP contribution in [0.4, 0.5) is 13.2 Å². The third-order valence-electron chi connectivity index (χ3n) is 3.59. The largest absolute Gasteiger partial charge is 0.457 e. The summed E-state index contributed by atoms with van der Waals surface area (Å²) < 4.78 is 43.2. The van der Waals surface area contributed by atoms with E-state index in [0.717, 1.165) is 18.2 Å². The van der Waals surface area contributed by atoms with E-state index in [9.17, 15) is 22.8 Å². The van der Waals surface area contributed by atoms with Gasteiger partial charge in [-0.1, -0.05) is 30.3 Å². The third-order valence-corrected chi connectivity index (χ3v) is 3.59. The van der Waals surface area contributed by atoms with Crippen molar-refractivity contribution in [1.29, 1.82) is 0 Å². The molecule has 1 aromatic heterocycles. The van der Waals surface area contributed by atoms with Gasteiger partial charge in [0, 0.05) is 17.0 Å². The fourth-order valence-electron chi connectivity index (χ4n) is 2.44. The van der Waals surface area contributed by atoms with Crippen LogP contribution in [0.25, 0.3) is 10.9 Å². The quantitative estimate of drug-likeness (QED) is 0.731. The van der Waals surface area contributed by atoms with Crippen LogP contribution in [0.15, 0.2) is 59.4 Å². The number of carbonyl (C=O) groups excluding carboxylic acids is 1. The van der Waals surface area contributed by atoms with E-state index < -0.39 is 23.3 Å². The number of rotatable bonds is 3. The van der Waals surface area contributed by atoms with Gasteiger partial charge in [0.2, 0.25) is 5.56 Å². The molecule has 1 heterocycles. The molecule has 0 amide bonds. The number of nitrogens with one attached hydrogen (secondary N) is 1. The molecule has 0 aliphatic heterocycles. The smallest absolute Gasteiger partial charge is 0.416 e. The lowest BCUT2D eigenvalue weighted by Gasteiger charge is -2.10. The Labute approximate surface area is 139 Å². The van der Waals surface area contributed by atoms with Crippen molar-refractivity contribution in [3.05, 3.63) is 81.6 Å². The first-order valence-corrected chi connectivity index (χ1v) is 7.30. The molecule has 0 spiro atoms. The number of fused-ring (bicyclic) bond motifs is 1. The van der Waals surface area contributed by atoms with Crippen LogP contribution < -0.4 is 5.56 Å². The van der Waals surface area contributed by atoms with Gasteiger partial charge in [0.05, 0.1) is 11.1 Å². The lowest BCUT2D eigenvalue weighted by molar-refractivity contribution is -0.137. The van der Waals surface area contributed by atoms with Crippen LogP contribution in [0.3, 0.4) is 0 Å². The molecule has 3 aromatic rings. The first-order chi connectivity index (χ1) is 11.8. The lowest BCUT2D eigenvalue weighted by atomic mass is 10.1. The Balaban J connectivity index is 1.84. The first-order valence-electron chi connectivity index (χ1n) is 7.30. The maximum Gasteiger partial charge on any atom is 0.416 e.